The molecule has 0 aliphatic rings. The van der Waals surface area contributed by atoms with Crippen molar-refractivity contribution in [2.75, 3.05) is 6.61 Å². The van der Waals surface area contributed by atoms with Crippen molar-refractivity contribution >= 4 is 15.9 Å². The lowest BCUT2D eigenvalue weighted by Crippen LogP contribution is -2.47. The highest BCUT2D eigenvalue weighted by Crippen LogP contribution is 2.17. The molecular weight excluding hydrogens is 412 g/mol. The molecule has 0 bridgehead atoms. The summed E-state index contributed by atoms with van der Waals surface area (Å²) in [5, 5.41) is 2.83. The number of hydrogen-bond donors (Lipinski definition) is 2. The minimum Gasteiger partial charge on any atom is -0.494 e. The predicted octanol–water partition coefficient (Wildman–Crippen LogP) is 3.29. The van der Waals surface area contributed by atoms with Gasteiger partial charge in [-0.2, -0.15) is 4.72 Å². The Bertz CT molecular complexity index is 1070. The molecule has 0 aliphatic heterocycles. The van der Waals surface area contributed by atoms with E-state index in [2.05, 4.69) is 10.0 Å². The van der Waals surface area contributed by atoms with Crippen molar-refractivity contribution in [3.63, 3.8) is 0 Å². The lowest BCUT2D eigenvalue weighted by molar-refractivity contribution is -0.122. The molecule has 7 heteroatoms. The number of sulfonamides is 1. The number of ether oxygens (including phenoxy) is 1. The molecule has 3 rings (SSSR count). The molecule has 0 saturated heterocycles. The Morgan fingerprint density at radius 3 is 2.03 bits per heavy atom. The maximum atomic E-state index is 12.9. The second-order valence-electron chi connectivity index (χ2n) is 6.97. The first kappa shape index (κ1) is 22.5. The van der Waals surface area contributed by atoms with Gasteiger partial charge in [-0.05, 0) is 48.7 Å². The van der Waals surface area contributed by atoms with E-state index >= 15 is 0 Å². The SMILES string of the molecule is CCOc1ccc(S(=O)(=O)N[C@@H](Cc2ccccc2)C(=O)NCc2ccccc2)cc1. The minimum atomic E-state index is -3.91. The molecule has 0 aliphatic carbocycles. The third-order valence-corrected chi connectivity index (χ3v) is 6.14. The number of carbonyl (C=O) groups is 1. The number of hydrogen-bond acceptors (Lipinski definition) is 4. The van der Waals surface area contributed by atoms with Gasteiger partial charge in [-0.15, -0.1) is 0 Å². The van der Waals surface area contributed by atoms with Crippen molar-refractivity contribution in [3.8, 4) is 5.75 Å². The molecule has 0 spiro atoms. The molecule has 1 atom stereocenters. The molecule has 3 aromatic carbocycles. The highest BCUT2D eigenvalue weighted by Gasteiger charge is 2.26. The monoisotopic (exact) mass is 438 g/mol. The summed E-state index contributed by atoms with van der Waals surface area (Å²) in [4.78, 5) is 13.0. The van der Waals surface area contributed by atoms with E-state index in [1.165, 1.54) is 12.1 Å². The fourth-order valence-electron chi connectivity index (χ4n) is 3.08. The summed E-state index contributed by atoms with van der Waals surface area (Å²) in [6.45, 7) is 2.66. The quantitative estimate of drug-likeness (QED) is 0.509. The second-order valence-corrected chi connectivity index (χ2v) is 8.69. The first-order valence-corrected chi connectivity index (χ1v) is 11.6. The van der Waals surface area contributed by atoms with E-state index in [0.29, 0.717) is 18.9 Å². The van der Waals surface area contributed by atoms with Crippen LogP contribution in [-0.2, 0) is 27.8 Å². The smallest absolute Gasteiger partial charge is 0.241 e. The lowest BCUT2D eigenvalue weighted by Gasteiger charge is -2.19. The zero-order valence-corrected chi connectivity index (χ0v) is 18.1. The van der Waals surface area contributed by atoms with Crippen LogP contribution in [-0.4, -0.2) is 27.0 Å². The zero-order chi connectivity index (χ0) is 22.1. The van der Waals surface area contributed by atoms with Gasteiger partial charge < -0.3 is 10.1 Å². The standard InChI is InChI=1S/C24H26N2O4S/c1-2-30-21-13-15-22(16-14-21)31(28,29)26-23(17-19-9-5-3-6-10-19)24(27)25-18-20-11-7-4-8-12-20/h3-16,23,26H,2,17-18H2,1H3,(H,25,27)/t23-/m0/s1. The Morgan fingerprint density at radius 2 is 1.45 bits per heavy atom. The minimum absolute atomic E-state index is 0.0740. The van der Waals surface area contributed by atoms with Crippen LogP contribution in [0.4, 0.5) is 0 Å². The average Bonchev–Trinajstić information content (AvgIpc) is 2.79. The summed E-state index contributed by atoms with van der Waals surface area (Å²) in [5.74, 6) is 0.199. The first-order chi connectivity index (χ1) is 15.0. The molecular formula is C24H26N2O4S. The van der Waals surface area contributed by atoms with Gasteiger partial charge in [-0.25, -0.2) is 8.42 Å². The van der Waals surface area contributed by atoms with E-state index in [1.807, 2.05) is 67.6 Å². The Labute approximate surface area is 183 Å². The van der Waals surface area contributed by atoms with E-state index in [1.54, 1.807) is 12.1 Å². The maximum Gasteiger partial charge on any atom is 0.241 e. The van der Waals surface area contributed by atoms with Gasteiger partial charge in [0.1, 0.15) is 11.8 Å². The molecule has 0 heterocycles. The second kappa shape index (κ2) is 10.7. The van der Waals surface area contributed by atoms with Crippen LogP contribution in [0.1, 0.15) is 18.1 Å². The predicted molar refractivity (Wildman–Crippen MR) is 120 cm³/mol. The van der Waals surface area contributed by atoms with Gasteiger partial charge in [-0.1, -0.05) is 60.7 Å². The zero-order valence-electron chi connectivity index (χ0n) is 17.3. The van der Waals surface area contributed by atoms with Crippen LogP contribution >= 0.6 is 0 Å². The van der Waals surface area contributed by atoms with Crippen molar-refractivity contribution in [2.24, 2.45) is 0 Å². The van der Waals surface area contributed by atoms with Gasteiger partial charge in [0.15, 0.2) is 0 Å². The maximum absolute atomic E-state index is 12.9. The largest absolute Gasteiger partial charge is 0.494 e. The normalized spacial score (nSPS) is 12.2. The molecule has 0 unspecified atom stereocenters. The molecule has 6 nitrogen and oxygen atoms in total. The fourth-order valence-corrected chi connectivity index (χ4v) is 4.28. The van der Waals surface area contributed by atoms with Gasteiger partial charge in [0.2, 0.25) is 15.9 Å². The lowest BCUT2D eigenvalue weighted by atomic mass is 10.1. The molecule has 2 N–H and O–H groups in total. The van der Waals surface area contributed by atoms with Crippen molar-refractivity contribution in [1.82, 2.24) is 10.0 Å². The number of benzene rings is 3. The third-order valence-electron chi connectivity index (χ3n) is 4.65. The Balaban J connectivity index is 1.77. The number of rotatable bonds is 10. The number of amides is 1. The van der Waals surface area contributed by atoms with Crippen molar-refractivity contribution < 1.29 is 17.9 Å². The molecule has 0 saturated carbocycles. The van der Waals surface area contributed by atoms with Gasteiger partial charge in [-0.3, -0.25) is 4.79 Å². The first-order valence-electron chi connectivity index (χ1n) is 10.1. The molecule has 3 aromatic rings. The van der Waals surface area contributed by atoms with Crippen LogP contribution < -0.4 is 14.8 Å². The average molecular weight is 439 g/mol. The highest BCUT2D eigenvalue weighted by molar-refractivity contribution is 7.89. The van der Waals surface area contributed by atoms with Gasteiger partial charge in [0.05, 0.1) is 11.5 Å². The summed E-state index contributed by atoms with van der Waals surface area (Å²) in [7, 11) is -3.91. The van der Waals surface area contributed by atoms with Gasteiger partial charge >= 0.3 is 0 Å². The van der Waals surface area contributed by atoms with Gasteiger partial charge in [0, 0.05) is 6.54 Å². The molecule has 0 radical (unpaired) electrons. The highest BCUT2D eigenvalue weighted by atomic mass is 32.2. The summed E-state index contributed by atoms with van der Waals surface area (Å²) in [6, 6.07) is 24.0. The van der Waals surface area contributed by atoms with E-state index in [-0.39, 0.29) is 17.2 Å². The molecule has 162 valence electrons. The fraction of sp³-hybridized carbons (Fsp3) is 0.208. The Morgan fingerprint density at radius 1 is 0.871 bits per heavy atom. The summed E-state index contributed by atoms with van der Waals surface area (Å²) in [5.41, 5.74) is 1.79. The number of nitrogens with one attached hydrogen (secondary N) is 2. The molecule has 31 heavy (non-hydrogen) atoms. The molecule has 1 amide bonds. The van der Waals surface area contributed by atoms with Crippen LogP contribution in [0.15, 0.2) is 89.8 Å². The summed E-state index contributed by atoms with van der Waals surface area (Å²) >= 11 is 0. The third kappa shape index (κ3) is 6.67. The van der Waals surface area contributed by atoms with Crippen LogP contribution in [0.2, 0.25) is 0 Å². The van der Waals surface area contributed by atoms with Crippen molar-refractivity contribution in [3.05, 3.63) is 96.1 Å². The van der Waals surface area contributed by atoms with Crippen molar-refractivity contribution in [2.45, 2.75) is 30.8 Å². The summed E-state index contributed by atoms with van der Waals surface area (Å²) in [6.07, 6.45) is 0.234. The van der Waals surface area contributed by atoms with E-state index in [0.717, 1.165) is 11.1 Å². The van der Waals surface area contributed by atoms with Gasteiger partial charge in [0.25, 0.3) is 0 Å². The number of carbonyl (C=O) groups excluding carboxylic acids is 1. The van der Waals surface area contributed by atoms with E-state index in [4.69, 9.17) is 4.74 Å². The Hall–Kier alpha value is -3.16. The van der Waals surface area contributed by atoms with Crippen molar-refractivity contribution in [1.29, 1.82) is 0 Å². The van der Waals surface area contributed by atoms with Crippen LogP contribution in [0, 0.1) is 0 Å². The molecule has 0 fully saturated rings. The van der Waals surface area contributed by atoms with Crippen LogP contribution in [0.25, 0.3) is 0 Å². The van der Waals surface area contributed by atoms with Crippen LogP contribution in [0.5, 0.6) is 5.75 Å². The van der Waals surface area contributed by atoms with E-state index in [9.17, 15) is 13.2 Å². The van der Waals surface area contributed by atoms with Crippen LogP contribution in [0.3, 0.4) is 0 Å². The topological polar surface area (TPSA) is 84.5 Å². The Kier molecular flexibility index (Phi) is 7.81. The summed E-state index contributed by atoms with van der Waals surface area (Å²) < 4.78 is 33.8. The molecule has 0 aromatic heterocycles. The van der Waals surface area contributed by atoms with E-state index < -0.39 is 16.1 Å².